The Morgan fingerprint density at radius 1 is 1.07 bits per heavy atom. The van der Waals surface area contributed by atoms with Crippen molar-refractivity contribution in [1.29, 1.82) is 0 Å². The van der Waals surface area contributed by atoms with E-state index in [0.29, 0.717) is 11.5 Å². The van der Waals surface area contributed by atoms with E-state index in [9.17, 15) is 4.79 Å². The Kier molecular flexibility index (Phi) is 5.93. The predicted octanol–water partition coefficient (Wildman–Crippen LogP) is 4.91. The Morgan fingerprint density at radius 3 is 2.53 bits per heavy atom. The van der Waals surface area contributed by atoms with E-state index in [4.69, 9.17) is 4.74 Å². The average molecular weight is 402 g/mol. The monoisotopic (exact) mass is 402 g/mol. The zero-order valence-corrected chi connectivity index (χ0v) is 17.3. The smallest absolute Gasteiger partial charge is 0.254 e. The number of nitrogens with one attached hydrogen (secondary N) is 1. The van der Waals surface area contributed by atoms with Crippen molar-refractivity contribution in [3.05, 3.63) is 66.5 Å². The summed E-state index contributed by atoms with van der Waals surface area (Å²) in [4.78, 5) is 23.7. The normalized spacial score (nSPS) is 16.2. The predicted molar refractivity (Wildman–Crippen MR) is 118 cm³/mol. The summed E-state index contributed by atoms with van der Waals surface area (Å²) in [5, 5.41) is 3.20. The van der Waals surface area contributed by atoms with Gasteiger partial charge in [0.25, 0.3) is 5.91 Å². The van der Waals surface area contributed by atoms with Crippen molar-refractivity contribution < 1.29 is 9.53 Å². The van der Waals surface area contributed by atoms with Gasteiger partial charge in [-0.15, -0.1) is 0 Å². The molecule has 0 aliphatic carbocycles. The lowest BCUT2D eigenvalue weighted by atomic mass is 10.0. The molecule has 1 amide bonds. The number of hydrogen-bond donors (Lipinski definition) is 1. The van der Waals surface area contributed by atoms with Gasteiger partial charge in [0, 0.05) is 41.8 Å². The highest BCUT2D eigenvalue weighted by atomic mass is 16.5. The van der Waals surface area contributed by atoms with Gasteiger partial charge in [0.1, 0.15) is 5.75 Å². The number of hydrogen-bond acceptors (Lipinski definition) is 5. The molecule has 0 spiro atoms. The molecule has 1 saturated heterocycles. The molecule has 1 atom stereocenters. The Bertz CT molecular complexity index is 1000. The van der Waals surface area contributed by atoms with Crippen LogP contribution in [0, 0.1) is 0 Å². The number of piperidine rings is 1. The topological polar surface area (TPSA) is 67.3 Å². The molecule has 1 N–H and O–H groups in total. The van der Waals surface area contributed by atoms with E-state index >= 15 is 0 Å². The molecule has 1 unspecified atom stereocenters. The molecule has 1 aliphatic heterocycles. The zero-order valence-electron chi connectivity index (χ0n) is 17.3. The van der Waals surface area contributed by atoms with Crippen molar-refractivity contribution in [2.45, 2.75) is 32.2 Å². The van der Waals surface area contributed by atoms with E-state index in [2.05, 4.69) is 22.2 Å². The van der Waals surface area contributed by atoms with Gasteiger partial charge in [-0.2, -0.15) is 0 Å². The van der Waals surface area contributed by atoms with Crippen LogP contribution in [0.2, 0.25) is 0 Å². The van der Waals surface area contributed by atoms with Crippen LogP contribution in [0.25, 0.3) is 11.1 Å². The molecule has 4 rings (SSSR count). The van der Waals surface area contributed by atoms with Crippen molar-refractivity contribution in [1.82, 2.24) is 14.9 Å². The molecule has 0 radical (unpaired) electrons. The van der Waals surface area contributed by atoms with Crippen LogP contribution in [0.3, 0.4) is 0 Å². The van der Waals surface area contributed by atoms with E-state index in [0.717, 1.165) is 42.0 Å². The van der Waals surface area contributed by atoms with Crippen molar-refractivity contribution in [3.8, 4) is 16.9 Å². The maximum atomic E-state index is 12.9. The first kappa shape index (κ1) is 19.9. The average Bonchev–Trinajstić information content (AvgIpc) is 2.80. The fourth-order valence-electron chi connectivity index (χ4n) is 3.75. The fraction of sp³-hybridized carbons (Fsp3) is 0.292. The van der Waals surface area contributed by atoms with Crippen molar-refractivity contribution >= 4 is 17.5 Å². The number of carbonyl (C=O) groups excluding carboxylic acids is 1. The van der Waals surface area contributed by atoms with Gasteiger partial charge in [-0.05, 0) is 62.1 Å². The molecule has 1 aromatic heterocycles. The summed E-state index contributed by atoms with van der Waals surface area (Å²) in [6.45, 7) is 2.95. The van der Waals surface area contributed by atoms with Crippen LogP contribution < -0.4 is 10.1 Å². The molecular formula is C24H26N4O2. The summed E-state index contributed by atoms with van der Waals surface area (Å²) in [5.74, 6) is 1.39. The van der Waals surface area contributed by atoms with Gasteiger partial charge in [0.05, 0.1) is 7.11 Å². The van der Waals surface area contributed by atoms with Crippen molar-refractivity contribution in [3.63, 3.8) is 0 Å². The largest absolute Gasteiger partial charge is 0.497 e. The Balaban J connectivity index is 1.46. The molecule has 2 heterocycles. The van der Waals surface area contributed by atoms with Gasteiger partial charge < -0.3 is 15.0 Å². The minimum atomic E-state index is 0.0848. The van der Waals surface area contributed by atoms with Gasteiger partial charge >= 0.3 is 0 Å². The Labute approximate surface area is 176 Å². The number of anilines is 2. The van der Waals surface area contributed by atoms with Crippen LogP contribution >= 0.6 is 0 Å². The lowest BCUT2D eigenvalue weighted by molar-refractivity contribution is 0.0635. The highest BCUT2D eigenvalue weighted by Gasteiger charge is 2.24. The van der Waals surface area contributed by atoms with Crippen molar-refractivity contribution in [2.75, 3.05) is 19.0 Å². The molecule has 0 saturated carbocycles. The maximum absolute atomic E-state index is 12.9. The first-order chi connectivity index (χ1) is 14.6. The zero-order chi connectivity index (χ0) is 20.9. The minimum absolute atomic E-state index is 0.0848. The fourth-order valence-corrected chi connectivity index (χ4v) is 3.75. The third-order valence-electron chi connectivity index (χ3n) is 5.50. The summed E-state index contributed by atoms with van der Waals surface area (Å²) in [7, 11) is 1.65. The van der Waals surface area contributed by atoms with Gasteiger partial charge in [0.15, 0.2) is 0 Å². The number of nitrogens with zero attached hydrogens (tertiary/aromatic N) is 3. The SMILES string of the molecule is COc1ccc(-c2cnc(Nc3cccc(C(=O)N4CCCCC4C)c3)nc2)cc1. The van der Waals surface area contributed by atoms with Crippen LogP contribution in [0.4, 0.5) is 11.6 Å². The third-order valence-corrected chi connectivity index (χ3v) is 5.50. The Hall–Kier alpha value is -3.41. The molecule has 1 aliphatic rings. The number of benzene rings is 2. The second kappa shape index (κ2) is 8.95. The molecule has 0 bridgehead atoms. The van der Waals surface area contributed by atoms with Crippen LogP contribution in [-0.2, 0) is 0 Å². The number of carbonyl (C=O) groups is 1. The van der Waals surface area contributed by atoms with E-state index in [1.807, 2.05) is 53.4 Å². The van der Waals surface area contributed by atoms with Crippen LogP contribution in [0.1, 0.15) is 36.5 Å². The van der Waals surface area contributed by atoms with E-state index in [-0.39, 0.29) is 11.9 Å². The molecule has 3 aromatic rings. The van der Waals surface area contributed by atoms with Crippen molar-refractivity contribution in [2.24, 2.45) is 0 Å². The van der Waals surface area contributed by atoms with Gasteiger partial charge in [-0.25, -0.2) is 9.97 Å². The first-order valence-corrected chi connectivity index (χ1v) is 10.3. The van der Waals surface area contributed by atoms with Gasteiger partial charge in [0.2, 0.25) is 5.95 Å². The van der Waals surface area contributed by atoms with E-state index in [1.165, 1.54) is 6.42 Å². The van der Waals surface area contributed by atoms with Gasteiger partial charge in [-0.3, -0.25) is 4.79 Å². The quantitative estimate of drug-likeness (QED) is 0.657. The molecule has 2 aromatic carbocycles. The lowest BCUT2D eigenvalue weighted by Crippen LogP contribution is -2.42. The second-order valence-corrected chi connectivity index (χ2v) is 7.57. The second-order valence-electron chi connectivity index (χ2n) is 7.57. The standard InChI is InChI=1S/C24H26N4O2/c1-17-6-3-4-13-28(17)23(29)19-7-5-8-21(14-19)27-24-25-15-20(16-26-24)18-9-11-22(30-2)12-10-18/h5,7-12,14-17H,3-4,6,13H2,1-2H3,(H,25,26,27). The van der Waals surface area contributed by atoms with E-state index < -0.39 is 0 Å². The van der Waals surface area contributed by atoms with Crippen LogP contribution in [0.15, 0.2) is 60.9 Å². The Morgan fingerprint density at radius 2 is 1.83 bits per heavy atom. The number of rotatable bonds is 5. The number of amides is 1. The molecular weight excluding hydrogens is 376 g/mol. The first-order valence-electron chi connectivity index (χ1n) is 10.3. The summed E-state index contributed by atoms with van der Waals surface area (Å²) >= 11 is 0. The molecule has 154 valence electrons. The summed E-state index contributed by atoms with van der Waals surface area (Å²) in [6, 6.07) is 15.6. The van der Waals surface area contributed by atoms with E-state index in [1.54, 1.807) is 19.5 Å². The number of methoxy groups -OCH3 is 1. The number of likely N-dealkylation sites (tertiary alicyclic amines) is 1. The third kappa shape index (κ3) is 4.43. The number of ether oxygens (including phenoxy) is 1. The van der Waals surface area contributed by atoms with Crippen LogP contribution in [-0.4, -0.2) is 40.5 Å². The molecule has 6 nitrogen and oxygen atoms in total. The lowest BCUT2D eigenvalue weighted by Gasteiger charge is -2.33. The highest BCUT2D eigenvalue weighted by Crippen LogP contribution is 2.24. The summed E-state index contributed by atoms with van der Waals surface area (Å²) in [6.07, 6.45) is 6.89. The summed E-state index contributed by atoms with van der Waals surface area (Å²) in [5.41, 5.74) is 3.42. The molecule has 6 heteroatoms. The molecule has 1 fully saturated rings. The maximum Gasteiger partial charge on any atom is 0.254 e. The number of aromatic nitrogens is 2. The summed E-state index contributed by atoms with van der Waals surface area (Å²) < 4.78 is 5.19. The highest BCUT2D eigenvalue weighted by molar-refractivity contribution is 5.95. The van der Waals surface area contributed by atoms with Gasteiger partial charge in [-0.1, -0.05) is 18.2 Å². The minimum Gasteiger partial charge on any atom is -0.497 e. The molecule has 30 heavy (non-hydrogen) atoms. The van der Waals surface area contributed by atoms with Crippen LogP contribution in [0.5, 0.6) is 5.75 Å².